The Labute approximate surface area is 142 Å². The normalized spacial score (nSPS) is 11.0. The molecule has 0 aliphatic heterocycles. The summed E-state index contributed by atoms with van der Waals surface area (Å²) in [6.07, 6.45) is 1.67. The highest BCUT2D eigenvalue weighted by Crippen LogP contribution is 2.23. The van der Waals surface area contributed by atoms with Gasteiger partial charge >= 0.3 is 0 Å². The number of hydrogen-bond donors (Lipinski definition) is 0. The summed E-state index contributed by atoms with van der Waals surface area (Å²) in [5, 5.41) is 5.59. The van der Waals surface area contributed by atoms with Crippen LogP contribution in [0.5, 0.6) is 0 Å². The van der Waals surface area contributed by atoms with Crippen molar-refractivity contribution in [1.29, 1.82) is 0 Å². The Bertz CT molecular complexity index is 933. The van der Waals surface area contributed by atoms with Crippen molar-refractivity contribution in [2.75, 3.05) is 0 Å². The van der Waals surface area contributed by atoms with Crippen LogP contribution in [0, 0.1) is 6.92 Å². The van der Waals surface area contributed by atoms with Crippen molar-refractivity contribution < 1.29 is 4.52 Å². The summed E-state index contributed by atoms with van der Waals surface area (Å²) in [7, 11) is 0. The molecule has 0 fully saturated rings. The fourth-order valence-electron chi connectivity index (χ4n) is 2.20. The second kappa shape index (κ2) is 6.60. The number of fused-ring (bicyclic) bond motifs is 1. The molecular weight excluding hydrogens is 334 g/mol. The quantitative estimate of drug-likeness (QED) is 0.399. The molecule has 0 bridgehead atoms. The number of rotatable bonds is 5. The van der Waals surface area contributed by atoms with Crippen LogP contribution in [0.3, 0.4) is 0 Å². The lowest BCUT2D eigenvalue weighted by Crippen LogP contribution is -2.22. The Morgan fingerprint density at radius 3 is 2.96 bits per heavy atom. The Morgan fingerprint density at radius 1 is 1.43 bits per heavy atom. The van der Waals surface area contributed by atoms with Crippen LogP contribution in [0.2, 0.25) is 5.02 Å². The van der Waals surface area contributed by atoms with Crippen LogP contribution in [-0.4, -0.2) is 14.7 Å². The maximum absolute atomic E-state index is 12.7. The van der Waals surface area contributed by atoms with Gasteiger partial charge in [0.1, 0.15) is 5.76 Å². The number of aryl methyl sites for hydroxylation is 1. The average molecular weight is 348 g/mol. The minimum atomic E-state index is -0.128. The molecule has 0 radical (unpaired) electrons. The van der Waals surface area contributed by atoms with Gasteiger partial charge in [0.15, 0.2) is 5.16 Å². The smallest absolute Gasteiger partial charge is 0.262 e. The molecule has 0 aliphatic rings. The molecule has 7 heteroatoms. The molecule has 0 saturated heterocycles. The number of nitrogens with zero attached hydrogens (tertiary/aromatic N) is 3. The van der Waals surface area contributed by atoms with Gasteiger partial charge in [0.2, 0.25) is 0 Å². The Hall–Kier alpha value is -2.05. The minimum Gasteiger partial charge on any atom is -0.361 e. The molecule has 0 atom stereocenters. The van der Waals surface area contributed by atoms with E-state index < -0.39 is 0 Å². The van der Waals surface area contributed by atoms with Crippen molar-refractivity contribution in [3.63, 3.8) is 0 Å². The molecule has 0 aliphatic carbocycles. The third-order valence-electron chi connectivity index (χ3n) is 3.22. The van der Waals surface area contributed by atoms with Crippen LogP contribution in [0.1, 0.15) is 11.5 Å². The molecule has 0 N–H and O–H groups in total. The summed E-state index contributed by atoms with van der Waals surface area (Å²) in [5.74, 6) is 1.32. The SMILES string of the molecule is C=CCn1c(SCc2cc(C)on2)nc2ccc(Cl)cc2c1=O. The van der Waals surface area contributed by atoms with Crippen LogP contribution in [0.4, 0.5) is 0 Å². The Kier molecular flexibility index (Phi) is 4.54. The van der Waals surface area contributed by atoms with E-state index in [9.17, 15) is 4.79 Å². The first-order valence-corrected chi connectivity index (χ1v) is 8.31. The molecule has 0 saturated carbocycles. The van der Waals surface area contributed by atoms with E-state index in [1.54, 1.807) is 28.8 Å². The van der Waals surface area contributed by atoms with Crippen LogP contribution >= 0.6 is 23.4 Å². The first kappa shape index (κ1) is 15.8. The van der Waals surface area contributed by atoms with Crippen molar-refractivity contribution in [2.45, 2.75) is 24.4 Å². The number of allylic oxidation sites excluding steroid dienone is 1. The third-order valence-corrected chi connectivity index (χ3v) is 4.46. The summed E-state index contributed by atoms with van der Waals surface area (Å²) in [4.78, 5) is 17.3. The topological polar surface area (TPSA) is 60.9 Å². The van der Waals surface area contributed by atoms with E-state index >= 15 is 0 Å². The summed E-state index contributed by atoms with van der Waals surface area (Å²) < 4.78 is 6.64. The van der Waals surface area contributed by atoms with Crippen LogP contribution < -0.4 is 5.56 Å². The predicted octanol–water partition coefficient (Wildman–Crippen LogP) is 3.82. The van der Waals surface area contributed by atoms with Crippen molar-refractivity contribution in [1.82, 2.24) is 14.7 Å². The van der Waals surface area contributed by atoms with Gasteiger partial charge < -0.3 is 4.52 Å². The van der Waals surface area contributed by atoms with Gasteiger partial charge in [-0.25, -0.2) is 4.98 Å². The van der Waals surface area contributed by atoms with Gasteiger partial charge in [-0.2, -0.15) is 0 Å². The Balaban J connectivity index is 2.03. The summed E-state index contributed by atoms with van der Waals surface area (Å²) in [6, 6.07) is 6.98. The molecule has 5 nitrogen and oxygen atoms in total. The fourth-order valence-corrected chi connectivity index (χ4v) is 3.26. The van der Waals surface area contributed by atoms with Gasteiger partial charge in [-0.05, 0) is 25.1 Å². The van der Waals surface area contributed by atoms with Crippen LogP contribution in [-0.2, 0) is 12.3 Å². The molecule has 0 amide bonds. The standard InChI is InChI=1S/C16H14ClN3O2S/c1-3-6-20-15(21)13-8-11(17)4-5-14(13)18-16(20)23-9-12-7-10(2)22-19-12/h3-5,7-8H,1,6,9H2,2H3. The molecule has 23 heavy (non-hydrogen) atoms. The first-order valence-electron chi connectivity index (χ1n) is 6.94. The summed E-state index contributed by atoms with van der Waals surface area (Å²) >= 11 is 7.42. The zero-order valence-electron chi connectivity index (χ0n) is 12.5. The lowest BCUT2D eigenvalue weighted by Gasteiger charge is -2.11. The van der Waals surface area contributed by atoms with Gasteiger partial charge in [-0.1, -0.05) is 34.6 Å². The molecule has 2 heterocycles. The second-order valence-corrected chi connectivity index (χ2v) is 6.36. The second-order valence-electron chi connectivity index (χ2n) is 4.98. The number of hydrogen-bond acceptors (Lipinski definition) is 5. The Morgan fingerprint density at radius 2 is 2.26 bits per heavy atom. The highest BCUT2D eigenvalue weighted by atomic mass is 35.5. The van der Waals surface area contributed by atoms with E-state index in [0.29, 0.717) is 33.4 Å². The number of benzene rings is 1. The molecule has 3 rings (SSSR count). The van der Waals surface area contributed by atoms with Crippen LogP contribution in [0.15, 0.2) is 51.4 Å². The molecule has 118 valence electrons. The van der Waals surface area contributed by atoms with E-state index in [-0.39, 0.29) is 5.56 Å². The van der Waals surface area contributed by atoms with Crippen molar-refractivity contribution in [3.05, 3.63) is 63.8 Å². The molecule has 1 aromatic carbocycles. The highest BCUT2D eigenvalue weighted by Gasteiger charge is 2.12. The molecule has 2 aromatic heterocycles. The molecule has 0 spiro atoms. The van der Waals surface area contributed by atoms with E-state index in [4.69, 9.17) is 16.1 Å². The van der Waals surface area contributed by atoms with E-state index in [0.717, 1.165) is 11.5 Å². The van der Waals surface area contributed by atoms with Gasteiger partial charge in [0, 0.05) is 23.4 Å². The summed E-state index contributed by atoms with van der Waals surface area (Å²) in [6.45, 7) is 5.93. The maximum atomic E-state index is 12.7. The van der Waals surface area contributed by atoms with Crippen LogP contribution in [0.25, 0.3) is 10.9 Å². The lowest BCUT2D eigenvalue weighted by molar-refractivity contribution is 0.393. The number of halogens is 1. The first-order chi connectivity index (χ1) is 11.1. The zero-order chi connectivity index (χ0) is 16.4. The molecular formula is C16H14ClN3O2S. The average Bonchev–Trinajstić information content (AvgIpc) is 2.95. The van der Waals surface area contributed by atoms with E-state index in [2.05, 4.69) is 16.7 Å². The highest BCUT2D eigenvalue weighted by molar-refractivity contribution is 7.98. The fraction of sp³-hybridized carbons (Fsp3) is 0.188. The zero-order valence-corrected chi connectivity index (χ0v) is 14.0. The van der Waals surface area contributed by atoms with Gasteiger partial charge in [0.25, 0.3) is 5.56 Å². The summed E-state index contributed by atoms with van der Waals surface area (Å²) in [5.41, 5.74) is 1.30. The minimum absolute atomic E-state index is 0.128. The van der Waals surface area contributed by atoms with Crippen molar-refractivity contribution >= 4 is 34.3 Å². The molecule has 3 aromatic rings. The van der Waals surface area contributed by atoms with Gasteiger partial charge in [-0.3, -0.25) is 9.36 Å². The number of thioether (sulfide) groups is 1. The van der Waals surface area contributed by atoms with Crippen molar-refractivity contribution in [2.24, 2.45) is 0 Å². The molecule has 0 unspecified atom stereocenters. The number of aromatic nitrogens is 3. The van der Waals surface area contributed by atoms with Gasteiger partial charge in [-0.15, -0.1) is 6.58 Å². The van der Waals surface area contributed by atoms with E-state index in [1.807, 2.05) is 13.0 Å². The van der Waals surface area contributed by atoms with Crippen molar-refractivity contribution in [3.8, 4) is 0 Å². The third kappa shape index (κ3) is 3.33. The largest absolute Gasteiger partial charge is 0.361 e. The predicted molar refractivity (Wildman–Crippen MR) is 92.0 cm³/mol. The maximum Gasteiger partial charge on any atom is 0.262 e. The lowest BCUT2D eigenvalue weighted by atomic mass is 10.2. The van der Waals surface area contributed by atoms with Gasteiger partial charge in [0.05, 0.1) is 16.6 Å². The van der Waals surface area contributed by atoms with E-state index in [1.165, 1.54) is 11.8 Å². The monoisotopic (exact) mass is 347 g/mol.